The Bertz CT molecular complexity index is 2620. The molecule has 88 heavy (non-hydrogen) atoms. The van der Waals surface area contributed by atoms with Crippen LogP contribution in [0.25, 0.3) is 0 Å². The zero-order valence-corrected chi connectivity index (χ0v) is 53.2. The average Bonchev–Trinajstić information content (AvgIpc) is 2.07. The van der Waals surface area contributed by atoms with Crippen LogP contribution in [0.1, 0.15) is 129 Å². The first-order valence-corrected chi connectivity index (χ1v) is 31.5. The highest BCUT2D eigenvalue weighted by Gasteiger charge is 2.53. The number of aliphatic hydroxyl groups excluding tert-OH is 2. The largest absolute Gasteiger partial charge is 0.459 e. The SMILES string of the molecule is COCCOCCNC(=O)c1ccc(N2CCN(C(=O)O[C@@H]3CC[C@@H](C[C@@H](N)[C@@H]4CC(=O)[C@H](C)/C=C(\C)[C@@H](O)[C@@H](O)C(=O)[C@H](C)C[C@H](C)/C=C/C=C/C=C(\C)[C@@H](OC)C[C@@H]5CC[C@@H](C)[C@@](O)(O5)C(=O)C(=O)N5CCCC[C@H]5C(=O)O4)C[C@H]3OC)CC2)cc1. The van der Waals surface area contributed by atoms with E-state index in [0.29, 0.717) is 109 Å². The highest BCUT2D eigenvalue weighted by atomic mass is 16.6. The van der Waals surface area contributed by atoms with E-state index in [2.05, 4.69) is 10.2 Å². The molecular formula is C66H99N5O17. The summed E-state index contributed by atoms with van der Waals surface area (Å²) in [5.74, 6) is -9.37. The third kappa shape index (κ3) is 19.7. The number of Topliss-reactive ketones (excluding diaryl/α,β-unsaturated/α-hetero) is 3. The van der Waals surface area contributed by atoms with Gasteiger partial charge < -0.3 is 74.2 Å². The summed E-state index contributed by atoms with van der Waals surface area (Å²) in [7, 11) is 4.69. The van der Waals surface area contributed by atoms with Crippen molar-refractivity contribution < 1.29 is 82.0 Å². The van der Waals surface area contributed by atoms with E-state index in [9.17, 15) is 48.9 Å². The number of anilines is 1. The maximum absolute atomic E-state index is 14.6. The number of hydrogen-bond acceptors (Lipinski definition) is 19. The normalized spacial score (nSPS) is 33.9. The number of carbonyl (C=O) groups excluding carboxylic acids is 7. The van der Waals surface area contributed by atoms with Crippen molar-refractivity contribution in [2.45, 2.75) is 179 Å². The smallest absolute Gasteiger partial charge is 0.410 e. The molecule has 0 aromatic heterocycles. The van der Waals surface area contributed by atoms with Crippen LogP contribution in [0.2, 0.25) is 0 Å². The summed E-state index contributed by atoms with van der Waals surface area (Å²) in [6.07, 6.45) is 7.34. The first kappa shape index (κ1) is 71.4. The molecule has 0 unspecified atom stereocenters. The molecule has 22 nitrogen and oxygen atoms in total. The van der Waals surface area contributed by atoms with Crippen LogP contribution < -0.4 is 16.0 Å². The Labute approximate surface area is 519 Å². The molecule has 1 saturated carbocycles. The van der Waals surface area contributed by atoms with E-state index >= 15 is 0 Å². The van der Waals surface area contributed by atoms with Gasteiger partial charge in [0.2, 0.25) is 5.79 Å². The van der Waals surface area contributed by atoms with Crippen LogP contribution in [0.5, 0.6) is 0 Å². The molecule has 0 radical (unpaired) electrons. The second-order valence-corrected chi connectivity index (χ2v) is 24.8. The summed E-state index contributed by atoms with van der Waals surface area (Å²) in [6, 6.07) is 5.09. The minimum Gasteiger partial charge on any atom is -0.459 e. The number of cyclic esters (lactones) is 1. The molecule has 1 aliphatic carbocycles. The molecule has 22 heteroatoms. The van der Waals surface area contributed by atoms with Gasteiger partial charge in [0, 0.05) is 108 Å². The van der Waals surface area contributed by atoms with Crippen molar-refractivity contribution in [1.29, 1.82) is 0 Å². The monoisotopic (exact) mass is 1230 g/mol. The van der Waals surface area contributed by atoms with Gasteiger partial charge in [-0.1, -0.05) is 64.2 Å². The highest BCUT2D eigenvalue weighted by molar-refractivity contribution is 6.39. The first-order chi connectivity index (χ1) is 42.0. The van der Waals surface area contributed by atoms with Crippen molar-refractivity contribution >= 4 is 46.9 Å². The van der Waals surface area contributed by atoms with Crippen LogP contribution in [0, 0.1) is 29.6 Å². The van der Waals surface area contributed by atoms with Crippen molar-refractivity contribution in [1.82, 2.24) is 15.1 Å². The van der Waals surface area contributed by atoms with Crippen molar-refractivity contribution in [3.8, 4) is 0 Å². The number of methoxy groups -OCH3 is 3. The number of nitrogens with two attached hydrogens (primary N) is 1. The van der Waals surface area contributed by atoms with Gasteiger partial charge in [-0.2, -0.15) is 0 Å². The van der Waals surface area contributed by atoms with Crippen molar-refractivity contribution in [2.24, 2.45) is 35.3 Å². The molecule has 2 bridgehead atoms. The number of ketones is 3. The molecule has 490 valence electrons. The van der Waals surface area contributed by atoms with E-state index in [1.54, 1.807) is 59.1 Å². The standard InChI is InChI=1S/C66H99N5O17/c1-41-15-11-10-12-16-42(2)55(83-8)39-50-24-18-46(6)66(81,88-50)61(76)63(78)71-27-14-13-17-52(71)64(79)86-56(40-53(72)43(3)36-45(5)59(74)60(75)58(73)44(4)35-41)51(67)37-47-19-25-54(57(38-47)84-9)87-65(80)70-30-28-69(29-31-70)49-22-20-48(21-23-49)62(77)68-26-32-85-34-33-82-7/h10-12,15-16,20-23,36,41,43-44,46-47,50-52,54-57,59-60,74-75,81H,13-14,17-19,24-35,37-40,67H2,1-9H3,(H,68,77)/b12-10+,15-11+,42-16+,45-36+/t41-,43-,44-,46-,47+,50+,51-,52+,54-,55+,56+,57-,59-,60+,66-/m1/s1. The third-order valence-electron chi connectivity index (χ3n) is 18.2. The van der Waals surface area contributed by atoms with Crippen LogP contribution in [0.4, 0.5) is 10.5 Å². The molecular weight excluding hydrogens is 1130 g/mol. The van der Waals surface area contributed by atoms with Gasteiger partial charge in [0.25, 0.3) is 17.6 Å². The van der Waals surface area contributed by atoms with E-state index in [1.807, 2.05) is 56.4 Å². The van der Waals surface area contributed by atoms with E-state index in [-0.39, 0.29) is 55.5 Å². The maximum Gasteiger partial charge on any atom is 0.410 e. The topological polar surface area (TPSA) is 293 Å². The van der Waals surface area contributed by atoms with E-state index < -0.39 is 114 Å². The van der Waals surface area contributed by atoms with Gasteiger partial charge in [-0.3, -0.25) is 24.0 Å². The molecule has 6 N–H and O–H groups in total. The Hall–Kier alpha value is -5.69. The number of nitrogens with one attached hydrogen (secondary N) is 1. The Kier molecular flexibility index (Phi) is 28.0. The number of amides is 3. The second-order valence-electron chi connectivity index (χ2n) is 24.8. The number of carbonyl (C=O) groups is 7. The van der Waals surface area contributed by atoms with Gasteiger partial charge in [0.1, 0.15) is 36.2 Å². The van der Waals surface area contributed by atoms with Gasteiger partial charge in [-0.25, -0.2) is 9.59 Å². The van der Waals surface area contributed by atoms with Crippen LogP contribution >= 0.6 is 0 Å². The molecule has 4 aliphatic heterocycles. The molecule has 3 amide bonds. The van der Waals surface area contributed by atoms with Crippen LogP contribution in [0.3, 0.4) is 0 Å². The van der Waals surface area contributed by atoms with Gasteiger partial charge in [-0.15, -0.1) is 0 Å². The molecule has 4 heterocycles. The summed E-state index contributed by atoms with van der Waals surface area (Å²) in [6.45, 7) is 13.9. The van der Waals surface area contributed by atoms with Crippen LogP contribution in [0.15, 0.2) is 71.9 Å². The summed E-state index contributed by atoms with van der Waals surface area (Å²) >= 11 is 0. The lowest BCUT2D eigenvalue weighted by Gasteiger charge is -2.42. The lowest BCUT2D eigenvalue weighted by atomic mass is 9.80. The number of nitrogens with zero attached hydrogens (tertiary/aromatic N) is 3. The zero-order valence-electron chi connectivity index (χ0n) is 53.2. The number of ether oxygens (including phenoxy) is 7. The number of rotatable bonds is 14. The Balaban J connectivity index is 1.15. The van der Waals surface area contributed by atoms with Crippen LogP contribution in [-0.2, 0) is 57.1 Å². The first-order valence-electron chi connectivity index (χ1n) is 31.5. The van der Waals surface area contributed by atoms with Gasteiger partial charge in [0.15, 0.2) is 5.78 Å². The van der Waals surface area contributed by atoms with Gasteiger partial charge in [0.05, 0.1) is 38.1 Å². The molecule has 0 spiro atoms. The Morgan fingerprint density at radius 2 is 1.52 bits per heavy atom. The Morgan fingerprint density at radius 1 is 0.795 bits per heavy atom. The van der Waals surface area contributed by atoms with Gasteiger partial charge >= 0.3 is 12.1 Å². The number of fused-ring (bicyclic) bond motifs is 3. The number of piperazine rings is 1. The molecule has 1 aromatic rings. The quantitative estimate of drug-likeness (QED) is 0.0658. The fourth-order valence-electron chi connectivity index (χ4n) is 12.5. The fourth-order valence-corrected chi connectivity index (χ4v) is 12.5. The summed E-state index contributed by atoms with van der Waals surface area (Å²) < 4.78 is 40.7. The predicted molar refractivity (Wildman–Crippen MR) is 329 cm³/mol. The van der Waals surface area contributed by atoms with Crippen LogP contribution in [-0.4, -0.2) is 207 Å². The molecule has 5 aliphatic rings. The molecule has 6 rings (SSSR count). The summed E-state index contributed by atoms with van der Waals surface area (Å²) in [5, 5.41) is 37.4. The minimum absolute atomic E-state index is 0.00931. The molecule has 4 fully saturated rings. The molecule has 15 atom stereocenters. The van der Waals surface area contributed by atoms with Crippen molar-refractivity contribution in [2.75, 3.05) is 85.3 Å². The minimum atomic E-state index is -2.50. The molecule has 3 saturated heterocycles. The lowest BCUT2D eigenvalue weighted by Crippen LogP contribution is -2.61. The van der Waals surface area contributed by atoms with Crippen molar-refractivity contribution in [3.05, 3.63) is 77.4 Å². The highest BCUT2D eigenvalue weighted by Crippen LogP contribution is 2.38. The summed E-state index contributed by atoms with van der Waals surface area (Å²) in [4.78, 5) is 103. The predicted octanol–water partition coefficient (Wildman–Crippen LogP) is 5.58. The lowest BCUT2D eigenvalue weighted by molar-refractivity contribution is -0.265. The summed E-state index contributed by atoms with van der Waals surface area (Å²) in [5.41, 5.74) is 9.49. The van der Waals surface area contributed by atoms with E-state index in [4.69, 9.17) is 38.9 Å². The number of benzene rings is 1. The van der Waals surface area contributed by atoms with E-state index in [1.165, 1.54) is 13.0 Å². The number of aliphatic hydroxyl groups is 3. The Morgan fingerprint density at radius 3 is 2.22 bits per heavy atom. The zero-order chi connectivity index (χ0) is 64.2. The number of piperidine rings is 1. The number of hydrogen-bond donors (Lipinski definition) is 5. The van der Waals surface area contributed by atoms with Crippen molar-refractivity contribution in [3.63, 3.8) is 0 Å². The van der Waals surface area contributed by atoms with Gasteiger partial charge in [-0.05, 0) is 125 Å². The second kappa shape index (κ2) is 34.5. The maximum atomic E-state index is 14.6. The molecule has 1 aromatic carbocycles. The van der Waals surface area contributed by atoms with E-state index in [0.717, 1.165) is 16.2 Å². The fraction of sp³-hybridized carbons (Fsp3) is 0.682. The number of allylic oxidation sites excluding steroid dienone is 6. The third-order valence-corrected chi connectivity index (χ3v) is 18.2. The number of esters is 1. The average molecular weight is 1230 g/mol.